The van der Waals surface area contributed by atoms with Crippen LogP contribution in [0, 0.1) is 0 Å². The van der Waals surface area contributed by atoms with E-state index in [1.54, 1.807) is 0 Å². The fourth-order valence-electron chi connectivity index (χ4n) is 1.14. The molecule has 0 aliphatic carbocycles. The maximum absolute atomic E-state index is 12.5. The molecule has 0 saturated heterocycles. The van der Waals surface area contributed by atoms with Crippen LogP contribution in [-0.4, -0.2) is 29.3 Å². The van der Waals surface area contributed by atoms with Crippen LogP contribution < -0.4 is 16.0 Å². The van der Waals surface area contributed by atoms with Crippen LogP contribution in [0.3, 0.4) is 0 Å². The monoisotopic (exact) mass is 280 g/mol. The first-order valence-corrected chi connectivity index (χ1v) is 5.50. The summed E-state index contributed by atoms with van der Waals surface area (Å²) < 4.78 is 47.9. The Hall–Kier alpha value is -1.61. The number of ether oxygens (including phenoxy) is 2. The Morgan fingerprint density at radius 2 is 2.00 bits per heavy atom. The zero-order valence-corrected chi connectivity index (χ0v) is 10.5. The molecule has 0 unspecified atom stereocenters. The molecular formula is C10H15F3N4O2. The zero-order chi connectivity index (χ0) is 14.5. The average Bonchev–Trinajstić information content (AvgIpc) is 2.33. The quantitative estimate of drug-likeness (QED) is 0.468. The number of hydrogen-bond acceptors (Lipinski definition) is 6. The summed E-state index contributed by atoms with van der Waals surface area (Å²) in [7, 11) is 0. The summed E-state index contributed by atoms with van der Waals surface area (Å²) in [4.78, 5) is 6.85. The lowest BCUT2D eigenvalue weighted by atomic mass is 10.4. The second-order valence-electron chi connectivity index (χ2n) is 3.83. The van der Waals surface area contributed by atoms with Crippen molar-refractivity contribution in [3.05, 3.63) is 11.8 Å². The summed E-state index contributed by atoms with van der Waals surface area (Å²) in [6.45, 7) is 4.00. The number of nitrogens with one attached hydrogen (secondary N) is 1. The van der Waals surface area contributed by atoms with Gasteiger partial charge in [0.05, 0.1) is 12.7 Å². The van der Waals surface area contributed by atoms with Gasteiger partial charge in [-0.05, 0) is 13.8 Å². The van der Waals surface area contributed by atoms with Crippen LogP contribution >= 0.6 is 0 Å². The Kier molecular flexibility index (Phi) is 5.31. The standard InChI is InChI=1S/C10H15F3N4O2/c1-6(2)18-3-4-19-8-5-7(10(11,12)13)15-9(16-8)17-14/h5-6H,3-4,14H2,1-2H3,(H,15,16,17). The van der Waals surface area contributed by atoms with Gasteiger partial charge in [0.15, 0.2) is 5.69 Å². The molecule has 0 saturated carbocycles. The first-order valence-electron chi connectivity index (χ1n) is 5.50. The van der Waals surface area contributed by atoms with E-state index in [1.807, 2.05) is 19.3 Å². The molecule has 1 aromatic heterocycles. The van der Waals surface area contributed by atoms with Crippen LogP contribution in [0.5, 0.6) is 5.88 Å². The Labute approximate surface area is 108 Å². The van der Waals surface area contributed by atoms with Crippen molar-refractivity contribution in [2.45, 2.75) is 26.1 Å². The highest BCUT2D eigenvalue weighted by molar-refractivity contribution is 5.30. The Morgan fingerprint density at radius 3 is 2.53 bits per heavy atom. The minimum Gasteiger partial charge on any atom is -0.475 e. The van der Waals surface area contributed by atoms with Gasteiger partial charge in [0.25, 0.3) is 0 Å². The van der Waals surface area contributed by atoms with Crippen molar-refractivity contribution < 1.29 is 22.6 Å². The van der Waals surface area contributed by atoms with Crippen molar-refractivity contribution in [2.24, 2.45) is 5.84 Å². The Balaban J connectivity index is 2.72. The minimum atomic E-state index is -4.60. The van der Waals surface area contributed by atoms with E-state index >= 15 is 0 Å². The van der Waals surface area contributed by atoms with Crippen LogP contribution in [0.15, 0.2) is 6.07 Å². The van der Waals surface area contributed by atoms with E-state index in [-0.39, 0.29) is 31.1 Å². The topological polar surface area (TPSA) is 82.3 Å². The van der Waals surface area contributed by atoms with E-state index in [9.17, 15) is 13.2 Å². The van der Waals surface area contributed by atoms with Gasteiger partial charge in [-0.2, -0.15) is 18.2 Å². The molecule has 1 rings (SSSR count). The highest BCUT2D eigenvalue weighted by Crippen LogP contribution is 2.30. The van der Waals surface area contributed by atoms with E-state index in [0.717, 1.165) is 0 Å². The summed E-state index contributed by atoms with van der Waals surface area (Å²) in [5.41, 5.74) is 0.826. The molecule has 0 atom stereocenters. The number of hydrogen-bond donors (Lipinski definition) is 2. The number of rotatable bonds is 6. The largest absolute Gasteiger partial charge is 0.475 e. The molecule has 0 bridgehead atoms. The number of anilines is 1. The van der Waals surface area contributed by atoms with Crippen LogP contribution in [-0.2, 0) is 10.9 Å². The molecule has 0 amide bonds. The fraction of sp³-hybridized carbons (Fsp3) is 0.600. The SMILES string of the molecule is CC(C)OCCOc1cc(C(F)(F)F)nc(NN)n1. The van der Waals surface area contributed by atoms with E-state index in [2.05, 4.69) is 9.97 Å². The van der Waals surface area contributed by atoms with Gasteiger partial charge < -0.3 is 9.47 Å². The van der Waals surface area contributed by atoms with Crippen molar-refractivity contribution in [3.63, 3.8) is 0 Å². The number of alkyl halides is 3. The average molecular weight is 280 g/mol. The highest BCUT2D eigenvalue weighted by atomic mass is 19.4. The third kappa shape index (κ3) is 5.26. The van der Waals surface area contributed by atoms with Crippen molar-refractivity contribution in [2.75, 3.05) is 18.6 Å². The smallest absolute Gasteiger partial charge is 0.433 e. The summed E-state index contributed by atoms with van der Waals surface area (Å²) >= 11 is 0. The lowest BCUT2D eigenvalue weighted by molar-refractivity contribution is -0.141. The third-order valence-corrected chi connectivity index (χ3v) is 1.91. The van der Waals surface area contributed by atoms with Crippen LogP contribution in [0.25, 0.3) is 0 Å². The van der Waals surface area contributed by atoms with E-state index in [1.165, 1.54) is 0 Å². The van der Waals surface area contributed by atoms with E-state index in [0.29, 0.717) is 6.07 Å². The Morgan fingerprint density at radius 1 is 1.32 bits per heavy atom. The number of halogens is 3. The number of nitrogens with two attached hydrogens (primary N) is 1. The normalized spacial score (nSPS) is 11.7. The van der Waals surface area contributed by atoms with Crippen LogP contribution in [0.4, 0.5) is 19.1 Å². The number of aromatic nitrogens is 2. The second kappa shape index (κ2) is 6.53. The van der Waals surface area contributed by atoms with Gasteiger partial charge in [-0.1, -0.05) is 0 Å². The second-order valence-corrected chi connectivity index (χ2v) is 3.83. The molecule has 0 radical (unpaired) electrons. The Bertz CT molecular complexity index is 412. The highest BCUT2D eigenvalue weighted by Gasteiger charge is 2.34. The number of nitrogen functional groups attached to an aromatic ring is 1. The lowest BCUT2D eigenvalue weighted by Gasteiger charge is -2.11. The van der Waals surface area contributed by atoms with Crippen LogP contribution in [0.2, 0.25) is 0 Å². The van der Waals surface area contributed by atoms with Gasteiger partial charge in [0, 0.05) is 6.07 Å². The summed E-state index contributed by atoms with van der Waals surface area (Å²) in [6.07, 6.45) is -4.58. The van der Waals surface area contributed by atoms with Crippen LogP contribution in [0.1, 0.15) is 19.5 Å². The minimum absolute atomic E-state index is 0.0148. The molecule has 3 N–H and O–H groups in total. The molecule has 1 heterocycles. The maximum Gasteiger partial charge on any atom is 0.433 e. The first kappa shape index (κ1) is 15.4. The predicted molar refractivity (Wildman–Crippen MR) is 61.4 cm³/mol. The molecule has 0 aliphatic rings. The number of nitrogens with zero attached hydrogens (tertiary/aromatic N) is 2. The molecule has 19 heavy (non-hydrogen) atoms. The molecule has 0 aliphatic heterocycles. The number of hydrazine groups is 1. The van der Waals surface area contributed by atoms with Gasteiger partial charge in [-0.3, -0.25) is 5.43 Å². The molecular weight excluding hydrogens is 265 g/mol. The molecule has 0 fully saturated rings. The van der Waals surface area contributed by atoms with Crippen molar-refractivity contribution in [1.29, 1.82) is 0 Å². The third-order valence-electron chi connectivity index (χ3n) is 1.91. The zero-order valence-electron chi connectivity index (χ0n) is 10.5. The van der Waals surface area contributed by atoms with Gasteiger partial charge >= 0.3 is 6.18 Å². The first-order chi connectivity index (χ1) is 8.82. The predicted octanol–water partition coefficient (Wildman–Crippen LogP) is 1.58. The molecule has 1 aromatic rings. The van der Waals surface area contributed by atoms with Crippen molar-refractivity contribution in [1.82, 2.24) is 9.97 Å². The summed E-state index contributed by atoms with van der Waals surface area (Å²) in [6, 6.07) is 0.705. The molecule has 0 aromatic carbocycles. The summed E-state index contributed by atoms with van der Waals surface area (Å²) in [5.74, 6) is 4.42. The molecule has 0 spiro atoms. The van der Waals surface area contributed by atoms with Gasteiger partial charge in [-0.15, -0.1) is 0 Å². The lowest BCUT2D eigenvalue weighted by Crippen LogP contribution is -2.17. The van der Waals surface area contributed by atoms with Crippen molar-refractivity contribution >= 4 is 5.95 Å². The molecule has 9 heteroatoms. The molecule has 108 valence electrons. The van der Waals surface area contributed by atoms with Crippen molar-refractivity contribution in [3.8, 4) is 5.88 Å². The summed E-state index contributed by atoms with van der Waals surface area (Å²) in [5, 5.41) is 0. The van der Waals surface area contributed by atoms with Gasteiger partial charge in [0.2, 0.25) is 11.8 Å². The van der Waals surface area contributed by atoms with Gasteiger partial charge in [0.1, 0.15) is 6.61 Å². The maximum atomic E-state index is 12.5. The van der Waals surface area contributed by atoms with E-state index in [4.69, 9.17) is 15.3 Å². The van der Waals surface area contributed by atoms with E-state index < -0.39 is 11.9 Å². The molecule has 6 nitrogen and oxygen atoms in total. The fourth-order valence-corrected chi connectivity index (χ4v) is 1.14. The van der Waals surface area contributed by atoms with Gasteiger partial charge in [-0.25, -0.2) is 10.8 Å².